The smallest absolute Gasteiger partial charge is 0.328 e. The molecule has 0 aliphatic heterocycles. The second-order valence-electron chi connectivity index (χ2n) is 5.83. The van der Waals surface area contributed by atoms with Crippen LogP contribution in [0.2, 0.25) is 0 Å². The Kier molecular flexibility index (Phi) is 6.10. The van der Waals surface area contributed by atoms with Gasteiger partial charge in [0.15, 0.2) is 0 Å². The van der Waals surface area contributed by atoms with Crippen molar-refractivity contribution in [1.29, 1.82) is 0 Å². The number of anilines is 1. The van der Waals surface area contributed by atoms with Gasteiger partial charge in [0.2, 0.25) is 0 Å². The topological polar surface area (TPSA) is 111 Å². The molecule has 0 saturated heterocycles. The molecule has 0 fully saturated rings. The second-order valence-corrected chi connectivity index (χ2v) is 5.83. The Balaban J connectivity index is 2.17. The molecule has 2 atom stereocenters. The maximum Gasteiger partial charge on any atom is 0.328 e. The quantitative estimate of drug-likeness (QED) is 0.354. The average molecular weight is 347 g/mol. The fourth-order valence-electron chi connectivity index (χ4n) is 2.61. The Morgan fingerprint density at radius 1 is 1.36 bits per heavy atom. The van der Waals surface area contributed by atoms with Crippen molar-refractivity contribution in [2.75, 3.05) is 12.4 Å². The number of nitrogens with one attached hydrogen (secondary N) is 2. The molecule has 2 rings (SSSR count). The van der Waals surface area contributed by atoms with Gasteiger partial charge in [-0.05, 0) is 38.3 Å². The van der Waals surface area contributed by atoms with Crippen molar-refractivity contribution in [1.82, 2.24) is 5.32 Å². The zero-order chi connectivity index (χ0) is 18.4. The maximum absolute atomic E-state index is 12.2. The van der Waals surface area contributed by atoms with Gasteiger partial charge in [0.05, 0.1) is 12.0 Å². The number of allylic oxidation sites excluding steroid dienone is 1. The summed E-state index contributed by atoms with van der Waals surface area (Å²) in [6.45, 7) is 1.48. The highest BCUT2D eigenvalue weighted by molar-refractivity contribution is 5.97. The SMILES string of the molecule is COC(=O)C(C)NC(=O)c1ccc(NC2CC=CCC2)c([N+](=O)[O-])c1. The Labute approximate surface area is 145 Å². The van der Waals surface area contributed by atoms with Crippen LogP contribution in [0.1, 0.15) is 36.5 Å². The van der Waals surface area contributed by atoms with Crippen molar-refractivity contribution < 1.29 is 19.2 Å². The summed E-state index contributed by atoms with van der Waals surface area (Å²) in [7, 11) is 1.22. The molecular formula is C17H21N3O5. The van der Waals surface area contributed by atoms with Crippen LogP contribution in [0.4, 0.5) is 11.4 Å². The monoisotopic (exact) mass is 347 g/mol. The normalized spacial score (nSPS) is 17.4. The lowest BCUT2D eigenvalue weighted by atomic mass is 10.0. The molecule has 0 aromatic heterocycles. The van der Waals surface area contributed by atoms with E-state index >= 15 is 0 Å². The maximum atomic E-state index is 12.2. The fraction of sp³-hybridized carbons (Fsp3) is 0.412. The van der Waals surface area contributed by atoms with Crippen LogP contribution < -0.4 is 10.6 Å². The number of nitrogens with zero attached hydrogens (tertiary/aromatic N) is 1. The van der Waals surface area contributed by atoms with Gasteiger partial charge in [-0.3, -0.25) is 14.9 Å². The molecule has 1 aromatic carbocycles. The standard InChI is InChI=1S/C17H21N3O5/c1-11(17(22)25-2)18-16(21)12-8-9-14(15(10-12)20(23)24)19-13-6-4-3-5-7-13/h3-4,8-11,13,19H,5-7H2,1-2H3,(H,18,21). The number of amides is 1. The number of hydrogen-bond donors (Lipinski definition) is 2. The lowest BCUT2D eigenvalue weighted by molar-refractivity contribution is -0.384. The number of rotatable bonds is 6. The Hall–Kier alpha value is -2.90. The van der Waals surface area contributed by atoms with Gasteiger partial charge >= 0.3 is 5.97 Å². The van der Waals surface area contributed by atoms with E-state index in [0.717, 1.165) is 19.3 Å². The Morgan fingerprint density at radius 3 is 2.72 bits per heavy atom. The van der Waals surface area contributed by atoms with Gasteiger partial charge in [-0.25, -0.2) is 4.79 Å². The molecule has 0 heterocycles. The van der Waals surface area contributed by atoms with Crippen molar-refractivity contribution in [3.63, 3.8) is 0 Å². The van der Waals surface area contributed by atoms with E-state index < -0.39 is 22.8 Å². The Bertz CT molecular complexity index is 702. The summed E-state index contributed by atoms with van der Waals surface area (Å²) in [6, 6.07) is 3.51. The van der Waals surface area contributed by atoms with Gasteiger partial charge < -0.3 is 15.4 Å². The molecule has 134 valence electrons. The van der Waals surface area contributed by atoms with Crippen LogP contribution in [0, 0.1) is 10.1 Å². The molecule has 25 heavy (non-hydrogen) atoms. The van der Waals surface area contributed by atoms with Crippen LogP contribution in [-0.2, 0) is 9.53 Å². The first-order valence-corrected chi connectivity index (χ1v) is 8.01. The number of carbonyl (C=O) groups is 2. The molecule has 1 aromatic rings. The summed E-state index contributed by atoms with van der Waals surface area (Å²) >= 11 is 0. The third-order valence-electron chi connectivity index (χ3n) is 3.99. The molecular weight excluding hydrogens is 326 g/mol. The highest BCUT2D eigenvalue weighted by Crippen LogP contribution is 2.28. The van der Waals surface area contributed by atoms with E-state index in [9.17, 15) is 19.7 Å². The molecule has 1 aliphatic rings. The first kappa shape index (κ1) is 18.4. The molecule has 0 radical (unpaired) electrons. The van der Waals surface area contributed by atoms with Crippen molar-refractivity contribution >= 4 is 23.3 Å². The molecule has 1 aliphatic carbocycles. The van der Waals surface area contributed by atoms with Gasteiger partial charge in [-0.2, -0.15) is 0 Å². The second kappa shape index (κ2) is 8.27. The highest BCUT2D eigenvalue weighted by Gasteiger charge is 2.22. The minimum Gasteiger partial charge on any atom is -0.467 e. The summed E-state index contributed by atoms with van der Waals surface area (Å²) in [5.74, 6) is -1.17. The highest BCUT2D eigenvalue weighted by atomic mass is 16.6. The molecule has 0 bridgehead atoms. The summed E-state index contributed by atoms with van der Waals surface area (Å²) in [4.78, 5) is 34.4. The summed E-state index contributed by atoms with van der Waals surface area (Å²) < 4.78 is 4.54. The van der Waals surface area contributed by atoms with E-state index in [2.05, 4.69) is 21.4 Å². The molecule has 1 amide bonds. The first-order chi connectivity index (χ1) is 11.9. The van der Waals surface area contributed by atoms with E-state index in [-0.39, 0.29) is 17.3 Å². The molecule has 0 spiro atoms. The number of benzene rings is 1. The number of esters is 1. The Morgan fingerprint density at radius 2 is 2.12 bits per heavy atom. The predicted octanol–water partition coefficient (Wildman–Crippen LogP) is 2.41. The van der Waals surface area contributed by atoms with Crippen LogP contribution in [-0.4, -0.2) is 36.0 Å². The third kappa shape index (κ3) is 4.79. The molecule has 2 N–H and O–H groups in total. The number of methoxy groups -OCH3 is 1. The molecule has 8 heteroatoms. The molecule has 8 nitrogen and oxygen atoms in total. The van der Waals surface area contributed by atoms with Crippen LogP contribution in [0.5, 0.6) is 0 Å². The number of nitro groups is 1. The van der Waals surface area contributed by atoms with Crippen LogP contribution in [0.15, 0.2) is 30.4 Å². The lowest BCUT2D eigenvalue weighted by Gasteiger charge is -2.20. The minimum atomic E-state index is -0.844. The van der Waals surface area contributed by atoms with Crippen molar-refractivity contribution in [2.45, 2.75) is 38.3 Å². The van der Waals surface area contributed by atoms with Gasteiger partial charge in [-0.1, -0.05) is 12.2 Å². The van der Waals surface area contributed by atoms with Gasteiger partial charge in [-0.15, -0.1) is 0 Å². The van der Waals surface area contributed by atoms with Crippen molar-refractivity contribution in [3.05, 3.63) is 46.0 Å². The van der Waals surface area contributed by atoms with Crippen molar-refractivity contribution in [3.8, 4) is 0 Å². The largest absolute Gasteiger partial charge is 0.467 e. The zero-order valence-corrected chi connectivity index (χ0v) is 14.2. The van der Waals surface area contributed by atoms with Gasteiger partial charge in [0.25, 0.3) is 11.6 Å². The lowest BCUT2D eigenvalue weighted by Crippen LogP contribution is -2.39. The van der Waals surface area contributed by atoms with Crippen LogP contribution in [0.25, 0.3) is 0 Å². The number of nitro benzene ring substituents is 1. The molecule has 2 unspecified atom stereocenters. The summed E-state index contributed by atoms with van der Waals surface area (Å²) in [5, 5.41) is 17.0. The molecule has 0 saturated carbocycles. The van der Waals surface area contributed by atoms with E-state index in [4.69, 9.17) is 0 Å². The zero-order valence-electron chi connectivity index (χ0n) is 14.2. The number of ether oxygens (including phenoxy) is 1. The number of hydrogen-bond acceptors (Lipinski definition) is 6. The van der Waals surface area contributed by atoms with E-state index in [0.29, 0.717) is 5.69 Å². The summed E-state index contributed by atoms with van der Waals surface area (Å²) in [5.41, 5.74) is 0.312. The summed E-state index contributed by atoms with van der Waals surface area (Å²) in [6.07, 6.45) is 6.76. The fourth-order valence-corrected chi connectivity index (χ4v) is 2.61. The average Bonchev–Trinajstić information content (AvgIpc) is 2.61. The first-order valence-electron chi connectivity index (χ1n) is 8.01. The van der Waals surface area contributed by atoms with Crippen molar-refractivity contribution in [2.24, 2.45) is 0 Å². The predicted molar refractivity (Wildman–Crippen MR) is 92.4 cm³/mol. The van der Waals surface area contributed by atoms with E-state index in [1.54, 1.807) is 0 Å². The minimum absolute atomic E-state index is 0.108. The number of carbonyl (C=O) groups excluding carboxylic acids is 2. The van der Waals surface area contributed by atoms with E-state index in [1.165, 1.54) is 32.2 Å². The van der Waals surface area contributed by atoms with Crippen LogP contribution >= 0.6 is 0 Å². The van der Waals surface area contributed by atoms with E-state index in [1.807, 2.05) is 6.08 Å². The van der Waals surface area contributed by atoms with Crippen LogP contribution in [0.3, 0.4) is 0 Å². The van der Waals surface area contributed by atoms with Gasteiger partial charge in [0, 0.05) is 17.7 Å². The third-order valence-corrected chi connectivity index (χ3v) is 3.99. The van der Waals surface area contributed by atoms with Gasteiger partial charge in [0.1, 0.15) is 11.7 Å².